The first-order chi connectivity index (χ1) is 11.0. The standard InChI is InChI=1S/C17H18F3NO2/c18-17(19,20)12-23-16-3-1-2-14(10-16)11-21-15-6-4-13(5-7-15)8-9-22/h1-7,10,21-22H,8-9,11-12H2. The Balaban J connectivity index is 1.90. The Morgan fingerprint density at radius 1 is 1.00 bits per heavy atom. The van der Waals surface area contributed by atoms with Gasteiger partial charge >= 0.3 is 6.18 Å². The summed E-state index contributed by atoms with van der Waals surface area (Å²) < 4.78 is 41.2. The van der Waals surface area contributed by atoms with Crippen LogP contribution < -0.4 is 10.1 Å². The van der Waals surface area contributed by atoms with E-state index in [-0.39, 0.29) is 12.4 Å². The molecule has 0 fully saturated rings. The third kappa shape index (κ3) is 6.20. The molecule has 2 N–H and O–H groups in total. The lowest BCUT2D eigenvalue weighted by molar-refractivity contribution is -0.153. The van der Waals surface area contributed by atoms with Crippen molar-refractivity contribution in [1.82, 2.24) is 0 Å². The average Bonchev–Trinajstić information content (AvgIpc) is 2.52. The van der Waals surface area contributed by atoms with Gasteiger partial charge in [0.25, 0.3) is 0 Å². The number of aliphatic hydroxyl groups is 1. The minimum absolute atomic E-state index is 0.109. The second-order valence-corrected chi connectivity index (χ2v) is 5.08. The first kappa shape index (κ1) is 17.1. The summed E-state index contributed by atoms with van der Waals surface area (Å²) in [6.45, 7) is -0.712. The highest BCUT2D eigenvalue weighted by molar-refractivity contribution is 5.45. The van der Waals surface area contributed by atoms with Crippen LogP contribution in [0.3, 0.4) is 0 Å². The van der Waals surface area contributed by atoms with Crippen LogP contribution in [0.4, 0.5) is 18.9 Å². The molecule has 0 amide bonds. The number of ether oxygens (including phenoxy) is 1. The molecule has 0 radical (unpaired) electrons. The van der Waals surface area contributed by atoms with E-state index >= 15 is 0 Å². The number of nitrogens with one attached hydrogen (secondary N) is 1. The normalized spacial score (nSPS) is 11.3. The summed E-state index contributed by atoms with van der Waals surface area (Å²) in [6.07, 6.45) is -3.73. The van der Waals surface area contributed by atoms with Gasteiger partial charge in [-0.15, -0.1) is 0 Å². The van der Waals surface area contributed by atoms with Crippen molar-refractivity contribution in [2.75, 3.05) is 18.5 Å². The molecule has 0 aliphatic heterocycles. The van der Waals surface area contributed by atoms with E-state index in [9.17, 15) is 13.2 Å². The molecular formula is C17H18F3NO2. The Hall–Kier alpha value is -2.21. The maximum atomic E-state index is 12.1. The molecular weight excluding hydrogens is 307 g/mol. The Labute approximate surface area is 132 Å². The average molecular weight is 325 g/mol. The zero-order valence-corrected chi connectivity index (χ0v) is 12.4. The largest absolute Gasteiger partial charge is 0.484 e. The molecule has 0 atom stereocenters. The highest BCUT2D eigenvalue weighted by Gasteiger charge is 2.28. The molecule has 2 aromatic carbocycles. The van der Waals surface area contributed by atoms with Crippen LogP contribution in [0.25, 0.3) is 0 Å². The molecule has 2 aromatic rings. The van der Waals surface area contributed by atoms with Crippen molar-refractivity contribution in [3.8, 4) is 5.75 Å². The van der Waals surface area contributed by atoms with Crippen molar-refractivity contribution < 1.29 is 23.0 Å². The van der Waals surface area contributed by atoms with Crippen molar-refractivity contribution in [3.05, 3.63) is 59.7 Å². The van der Waals surface area contributed by atoms with E-state index in [4.69, 9.17) is 9.84 Å². The number of rotatable bonds is 7. The molecule has 2 rings (SSSR count). The molecule has 0 aliphatic rings. The van der Waals surface area contributed by atoms with Gasteiger partial charge < -0.3 is 15.2 Å². The van der Waals surface area contributed by atoms with Crippen molar-refractivity contribution in [2.24, 2.45) is 0 Å². The van der Waals surface area contributed by atoms with Crippen LogP contribution in [-0.2, 0) is 13.0 Å². The third-order valence-electron chi connectivity index (χ3n) is 3.15. The monoisotopic (exact) mass is 325 g/mol. The van der Waals surface area contributed by atoms with Gasteiger partial charge in [-0.25, -0.2) is 0 Å². The Morgan fingerprint density at radius 2 is 1.74 bits per heavy atom. The fourth-order valence-corrected chi connectivity index (χ4v) is 2.03. The number of halogens is 3. The maximum Gasteiger partial charge on any atom is 0.422 e. The van der Waals surface area contributed by atoms with E-state index in [1.807, 2.05) is 30.3 Å². The third-order valence-corrected chi connectivity index (χ3v) is 3.15. The summed E-state index contributed by atoms with van der Waals surface area (Å²) in [7, 11) is 0. The summed E-state index contributed by atoms with van der Waals surface area (Å²) in [6, 6.07) is 14.2. The van der Waals surface area contributed by atoms with E-state index in [2.05, 4.69) is 5.32 Å². The van der Waals surface area contributed by atoms with E-state index in [1.54, 1.807) is 12.1 Å². The number of benzene rings is 2. The van der Waals surface area contributed by atoms with Crippen molar-refractivity contribution in [2.45, 2.75) is 19.1 Å². The van der Waals surface area contributed by atoms with Crippen LogP contribution in [-0.4, -0.2) is 24.5 Å². The highest BCUT2D eigenvalue weighted by atomic mass is 19.4. The molecule has 0 bridgehead atoms. The number of anilines is 1. The summed E-state index contributed by atoms with van der Waals surface area (Å²) >= 11 is 0. The number of hydrogen-bond acceptors (Lipinski definition) is 3. The Bertz CT molecular complexity index is 612. The van der Waals surface area contributed by atoms with Gasteiger partial charge in [-0.1, -0.05) is 24.3 Å². The van der Waals surface area contributed by atoms with Gasteiger partial charge in [-0.05, 0) is 41.8 Å². The van der Waals surface area contributed by atoms with Gasteiger partial charge in [0, 0.05) is 18.8 Å². The zero-order chi connectivity index (χ0) is 16.7. The van der Waals surface area contributed by atoms with Gasteiger partial charge in [0.1, 0.15) is 5.75 Å². The lowest BCUT2D eigenvalue weighted by Crippen LogP contribution is -2.19. The van der Waals surface area contributed by atoms with E-state index in [1.165, 1.54) is 6.07 Å². The SMILES string of the molecule is OCCc1ccc(NCc2cccc(OCC(F)(F)F)c2)cc1. The number of hydrogen-bond donors (Lipinski definition) is 2. The lowest BCUT2D eigenvalue weighted by atomic mass is 10.1. The predicted molar refractivity (Wildman–Crippen MR) is 82.6 cm³/mol. The minimum Gasteiger partial charge on any atom is -0.484 e. The maximum absolute atomic E-state index is 12.1. The van der Waals surface area contributed by atoms with Crippen LogP contribution in [0.1, 0.15) is 11.1 Å². The zero-order valence-electron chi connectivity index (χ0n) is 12.4. The molecule has 0 spiro atoms. The van der Waals surface area contributed by atoms with Gasteiger partial charge in [0.05, 0.1) is 0 Å². The second-order valence-electron chi connectivity index (χ2n) is 5.08. The number of alkyl halides is 3. The first-order valence-corrected chi connectivity index (χ1v) is 7.18. The molecule has 23 heavy (non-hydrogen) atoms. The van der Waals surface area contributed by atoms with Gasteiger partial charge in [-0.3, -0.25) is 0 Å². The highest BCUT2D eigenvalue weighted by Crippen LogP contribution is 2.20. The second kappa shape index (κ2) is 7.87. The van der Waals surface area contributed by atoms with Crippen molar-refractivity contribution in [1.29, 1.82) is 0 Å². The topological polar surface area (TPSA) is 41.5 Å². The van der Waals surface area contributed by atoms with Crippen LogP contribution in [0.2, 0.25) is 0 Å². The van der Waals surface area contributed by atoms with E-state index in [0.717, 1.165) is 16.8 Å². The molecule has 0 saturated heterocycles. The quantitative estimate of drug-likeness (QED) is 0.814. The molecule has 0 unspecified atom stereocenters. The van der Waals surface area contributed by atoms with Crippen molar-refractivity contribution >= 4 is 5.69 Å². The van der Waals surface area contributed by atoms with Crippen LogP contribution in [0.15, 0.2) is 48.5 Å². The first-order valence-electron chi connectivity index (χ1n) is 7.18. The fourth-order valence-electron chi connectivity index (χ4n) is 2.03. The lowest BCUT2D eigenvalue weighted by Gasteiger charge is -2.11. The number of aliphatic hydroxyl groups excluding tert-OH is 1. The van der Waals surface area contributed by atoms with Crippen molar-refractivity contribution in [3.63, 3.8) is 0 Å². The molecule has 0 saturated carbocycles. The Morgan fingerprint density at radius 3 is 2.39 bits per heavy atom. The summed E-state index contributed by atoms with van der Waals surface area (Å²) in [4.78, 5) is 0. The molecule has 0 aromatic heterocycles. The summed E-state index contributed by atoms with van der Waals surface area (Å²) in [5.41, 5.74) is 2.76. The molecule has 124 valence electrons. The predicted octanol–water partition coefficient (Wildman–Crippen LogP) is 3.77. The molecule has 0 heterocycles. The van der Waals surface area contributed by atoms with Crippen LogP contribution in [0.5, 0.6) is 5.75 Å². The molecule has 6 heteroatoms. The van der Waals surface area contributed by atoms with Crippen LogP contribution >= 0.6 is 0 Å². The minimum atomic E-state index is -4.34. The Kier molecular flexibility index (Phi) is 5.87. The summed E-state index contributed by atoms with van der Waals surface area (Å²) in [5, 5.41) is 12.1. The van der Waals surface area contributed by atoms with E-state index in [0.29, 0.717) is 13.0 Å². The fraction of sp³-hybridized carbons (Fsp3) is 0.294. The smallest absolute Gasteiger partial charge is 0.422 e. The molecule has 3 nitrogen and oxygen atoms in total. The molecule has 0 aliphatic carbocycles. The van der Waals surface area contributed by atoms with Gasteiger partial charge in [-0.2, -0.15) is 13.2 Å². The van der Waals surface area contributed by atoms with Gasteiger partial charge in [0.2, 0.25) is 0 Å². The summed E-state index contributed by atoms with van der Waals surface area (Å²) in [5.74, 6) is 0.194. The van der Waals surface area contributed by atoms with E-state index < -0.39 is 12.8 Å². The van der Waals surface area contributed by atoms with Gasteiger partial charge in [0.15, 0.2) is 6.61 Å². The van der Waals surface area contributed by atoms with Crippen LogP contribution in [0, 0.1) is 0 Å².